The molecule has 0 unspecified atom stereocenters. The molecule has 1 aromatic rings. The highest BCUT2D eigenvalue weighted by molar-refractivity contribution is 6.32. The topological polar surface area (TPSA) is 24.5 Å². The number of piperazine rings is 1. The smallest absolute Gasteiger partial charge is 0.173 e. The van der Waals surface area contributed by atoms with Gasteiger partial charge in [-0.05, 0) is 37.5 Å². The summed E-state index contributed by atoms with van der Waals surface area (Å²) in [7, 11) is 0. The fourth-order valence-electron chi connectivity index (χ4n) is 2.88. The number of hydrogen-bond acceptors (Lipinski definition) is 3. The van der Waals surface area contributed by atoms with Crippen molar-refractivity contribution in [1.29, 1.82) is 0 Å². The van der Waals surface area contributed by atoms with Crippen LogP contribution >= 0.6 is 36.4 Å². The summed E-state index contributed by atoms with van der Waals surface area (Å²) in [5.74, 6) is -0.237. The van der Waals surface area contributed by atoms with Crippen molar-refractivity contribution in [1.82, 2.24) is 10.2 Å². The van der Waals surface area contributed by atoms with E-state index in [9.17, 15) is 4.39 Å². The van der Waals surface area contributed by atoms with Crippen LogP contribution in [0.2, 0.25) is 5.02 Å². The van der Waals surface area contributed by atoms with Crippen LogP contribution in [0, 0.1) is 5.82 Å². The minimum absolute atomic E-state index is 0. The van der Waals surface area contributed by atoms with Crippen LogP contribution < -0.4 is 10.1 Å². The van der Waals surface area contributed by atoms with Gasteiger partial charge in [0.2, 0.25) is 0 Å². The highest BCUT2D eigenvalue weighted by Gasteiger charge is 2.24. The van der Waals surface area contributed by atoms with Crippen LogP contribution in [-0.2, 0) is 0 Å². The third kappa shape index (κ3) is 6.08. The molecule has 7 heteroatoms. The van der Waals surface area contributed by atoms with E-state index >= 15 is 0 Å². The lowest BCUT2D eigenvalue weighted by molar-refractivity contribution is 0.165. The van der Waals surface area contributed by atoms with Crippen molar-refractivity contribution in [3.63, 3.8) is 0 Å². The van der Waals surface area contributed by atoms with Gasteiger partial charge in [-0.2, -0.15) is 0 Å². The number of nitrogens with one attached hydrogen (secondary N) is 1. The van der Waals surface area contributed by atoms with Crippen molar-refractivity contribution >= 4 is 36.4 Å². The number of rotatable bonds is 7. The number of benzene rings is 1. The van der Waals surface area contributed by atoms with Gasteiger partial charge < -0.3 is 10.1 Å². The molecule has 0 amide bonds. The van der Waals surface area contributed by atoms with E-state index in [2.05, 4.69) is 16.8 Å². The van der Waals surface area contributed by atoms with E-state index in [0.29, 0.717) is 11.6 Å². The number of hydrogen-bond donors (Lipinski definition) is 1. The summed E-state index contributed by atoms with van der Waals surface area (Å²) in [5, 5.41) is 3.69. The van der Waals surface area contributed by atoms with Crippen molar-refractivity contribution in [2.45, 2.75) is 25.8 Å². The Morgan fingerprint density at radius 1 is 1.38 bits per heavy atom. The van der Waals surface area contributed by atoms with Crippen LogP contribution in [0.5, 0.6) is 5.75 Å². The second-order valence-corrected chi connectivity index (χ2v) is 5.82. The number of ether oxygens (including phenoxy) is 1. The Morgan fingerprint density at radius 2 is 2.04 bits per heavy atom. The first kappa shape index (κ1) is 23.5. The van der Waals surface area contributed by atoms with Gasteiger partial charge >= 0.3 is 0 Å². The molecule has 1 aromatic carbocycles. The monoisotopic (exact) mass is 398 g/mol. The van der Waals surface area contributed by atoms with Gasteiger partial charge in [0.05, 0.1) is 11.6 Å². The zero-order valence-electron chi connectivity index (χ0n) is 13.9. The average Bonchev–Trinajstić information content (AvgIpc) is 2.52. The summed E-state index contributed by atoms with van der Waals surface area (Å²) in [6, 6.07) is 3.56. The lowest BCUT2D eigenvalue weighted by atomic mass is 9.99. The summed E-state index contributed by atoms with van der Waals surface area (Å²) in [6.07, 6.45) is 3.70. The summed E-state index contributed by atoms with van der Waals surface area (Å²) >= 11 is 6.21. The zero-order valence-corrected chi connectivity index (χ0v) is 16.3. The van der Waals surface area contributed by atoms with E-state index in [4.69, 9.17) is 16.3 Å². The molecule has 0 aliphatic carbocycles. The highest BCUT2D eigenvalue weighted by atomic mass is 35.5. The van der Waals surface area contributed by atoms with Crippen LogP contribution in [0.4, 0.5) is 4.39 Å². The Bertz CT molecular complexity index is 488. The third-order valence-electron chi connectivity index (χ3n) is 3.93. The minimum Gasteiger partial charge on any atom is -0.489 e. The number of allylic oxidation sites excluding steroid dienone is 1. The second kappa shape index (κ2) is 11.9. The fourth-order valence-corrected chi connectivity index (χ4v) is 3.15. The molecule has 24 heavy (non-hydrogen) atoms. The maximum absolute atomic E-state index is 14.3. The molecule has 0 saturated carbocycles. The molecule has 1 N–H and O–H groups in total. The predicted octanol–water partition coefficient (Wildman–Crippen LogP) is 4.63. The molecule has 1 saturated heterocycles. The molecule has 2 rings (SSSR count). The van der Waals surface area contributed by atoms with Crippen molar-refractivity contribution in [2.75, 3.05) is 32.8 Å². The molecule has 138 valence electrons. The van der Waals surface area contributed by atoms with Gasteiger partial charge in [-0.15, -0.1) is 31.4 Å². The molecule has 1 aliphatic heterocycles. The molecule has 1 heterocycles. The average molecular weight is 400 g/mol. The fraction of sp³-hybridized carbons (Fsp3) is 0.529. The molecule has 1 aliphatic rings. The van der Waals surface area contributed by atoms with Crippen LogP contribution in [0.25, 0.3) is 0 Å². The lowest BCUT2D eigenvalue weighted by Gasteiger charge is -2.35. The largest absolute Gasteiger partial charge is 0.489 e. The molecular formula is C17H26Cl3FN2O. The van der Waals surface area contributed by atoms with Gasteiger partial charge in [-0.25, -0.2) is 4.39 Å². The minimum atomic E-state index is -0.386. The first-order valence-corrected chi connectivity index (χ1v) is 8.22. The Hall–Kier alpha value is -0.520. The Balaban J connectivity index is 0.00000264. The van der Waals surface area contributed by atoms with Crippen LogP contribution in [0.1, 0.15) is 31.4 Å². The summed E-state index contributed by atoms with van der Waals surface area (Å²) in [5.41, 5.74) is 0.912. The molecular weight excluding hydrogens is 374 g/mol. The first-order chi connectivity index (χ1) is 10.7. The predicted molar refractivity (Wildman–Crippen MR) is 104 cm³/mol. The maximum Gasteiger partial charge on any atom is 0.173 e. The summed E-state index contributed by atoms with van der Waals surface area (Å²) < 4.78 is 19.6. The normalized spacial score (nSPS) is 15.8. The zero-order chi connectivity index (χ0) is 15.9. The molecule has 0 spiro atoms. The first-order valence-electron chi connectivity index (χ1n) is 7.84. The van der Waals surface area contributed by atoms with E-state index in [0.717, 1.165) is 44.6 Å². The number of nitrogens with zero attached hydrogens (tertiary/aromatic N) is 1. The molecule has 0 bridgehead atoms. The molecule has 0 radical (unpaired) electrons. The molecule has 0 aromatic heterocycles. The quantitative estimate of drug-likeness (QED) is 0.676. The second-order valence-electron chi connectivity index (χ2n) is 5.41. The Kier molecular flexibility index (Phi) is 11.7. The van der Waals surface area contributed by atoms with Crippen molar-refractivity contribution in [2.24, 2.45) is 0 Å². The van der Waals surface area contributed by atoms with Crippen molar-refractivity contribution in [3.8, 4) is 5.75 Å². The van der Waals surface area contributed by atoms with E-state index in [-0.39, 0.29) is 42.4 Å². The van der Waals surface area contributed by atoms with Crippen LogP contribution in [0.3, 0.4) is 0 Å². The molecule has 1 atom stereocenters. The lowest BCUT2D eigenvalue weighted by Crippen LogP contribution is -2.45. The standard InChI is InChI=1S/C17H24ClFN2O.2ClH/c1-3-5-6-16(21-9-7-20-8-10-21)13-11-14(18)17(22-4-2)15(19)12-13;;/h3,11-12,16,20H,1,4-10H2,2H3;2*1H/t16-;;/m0../s1. The number of halogens is 4. The van der Waals surface area contributed by atoms with E-state index < -0.39 is 0 Å². The van der Waals surface area contributed by atoms with Crippen molar-refractivity contribution in [3.05, 3.63) is 41.2 Å². The molecule has 3 nitrogen and oxygen atoms in total. The molecule has 1 fully saturated rings. The van der Waals surface area contributed by atoms with Gasteiger partial charge in [0, 0.05) is 32.2 Å². The summed E-state index contributed by atoms with van der Waals surface area (Å²) in [6.45, 7) is 9.82. The van der Waals surface area contributed by atoms with Crippen molar-refractivity contribution < 1.29 is 9.13 Å². The van der Waals surface area contributed by atoms with E-state index in [1.165, 1.54) is 0 Å². The third-order valence-corrected chi connectivity index (χ3v) is 4.21. The van der Waals surface area contributed by atoms with Crippen LogP contribution in [-0.4, -0.2) is 37.7 Å². The van der Waals surface area contributed by atoms with Crippen LogP contribution in [0.15, 0.2) is 24.8 Å². The highest BCUT2D eigenvalue weighted by Crippen LogP contribution is 2.35. The maximum atomic E-state index is 14.3. The Labute approximate surface area is 161 Å². The van der Waals surface area contributed by atoms with Gasteiger partial charge in [0.1, 0.15) is 0 Å². The van der Waals surface area contributed by atoms with E-state index in [1.54, 1.807) is 6.07 Å². The van der Waals surface area contributed by atoms with Gasteiger partial charge in [0.15, 0.2) is 11.6 Å². The summed E-state index contributed by atoms with van der Waals surface area (Å²) in [4.78, 5) is 2.38. The van der Waals surface area contributed by atoms with Gasteiger partial charge in [-0.3, -0.25) is 4.90 Å². The Morgan fingerprint density at radius 3 is 2.58 bits per heavy atom. The van der Waals surface area contributed by atoms with E-state index in [1.807, 2.05) is 19.1 Å². The van der Waals surface area contributed by atoms with Gasteiger partial charge in [0.25, 0.3) is 0 Å². The van der Waals surface area contributed by atoms with Gasteiger partial charge in [-0.1, -0.05) is 17.7 Å². The SMILES string of the molecule is C=CCC[C@@H](c1cc(F)c(OCC)c(Cl)c1)N1CCNCC1.Cl.Cl.